The summed E-state index contributed by atoms with van der Waals surface area (Å²) < 4.78 is 5.82. The minimum absolute atomic E-state index is 0.340. The van der Waals surface area contributed by atoms with Crippen LogP contribution in [0.15, 0.2) is 24.3 Å². The van der Waals surface area contributed by atoms with Gasteiger partial charge in [-0.3, -0.25) is 4.90 Å². The van der Waals surface area contributed by atoms with Gasteiger partial charge < -0.3 is 10.1 Å². The molecule has 1 aromatic carbocycles. The molecule has 3 atom stereocenters. The van der Waals surface area contributed by atoms with Crippen LogP contribution in [0.3, 0.4) is 0 Å². The van der Waals surface area contributed by atoms with Crippen LogP contribution >= 0.6 is 0 Å². The third-order valence-corrected chi connectivity index (χ3v) is 4.48. The maximum Gasteiger partial charge on any atom is 0.0674 e. The highest BCUT2D eigenvalue weighted by Crippen LogP contribution is 2.22. The van der Waals surface area contributed by atoms with Gasteiger partial charge in [-0.25, -0.2) is 0 Å². The number of morpholine rings is 1. The summed E-state index contributed by atoms with van der Waals surface area (Å²) in [5.41, 5.74) is 2.80. The molecule has 0 amide bonds. The number of nitrogens with zero attached hydrogens (tertiary/aromatic N) is 1. The zero-order valence-corrected chi connectivity index (χ0v) is 13.9. The molecule has 3 nitrogen and oxygen atoms in total. The van der Waals surface area contributed by atoms with Crippen molar-refractivity contribution >= 4 is 0 Å². The van der Waals surface area contributed by atoms with E-state index in [4.69, 9.17) is 4.74 Å². The van der Waals surface area contributed by atoms with Gasteiger partial charge in [0, 0.05) is 25.2 Å². The van der Waals surface area contributed by atoms with Crippen molar-refractivity contribution in [3.8, 4) is 0 Å². The number of likely N-dealkylation sites (N-methyl/N-ethyl adjacent to an activating group) is 1. The number of hydrogen-bond donors (Lipinski definition) is 1. The Balaban J connectivity index is 2.13. The zero-order valence-electron chi connectivity index (χ0n) is 13.9. The molecule has 1 N–H and O–H groups in total. The zero-order chi connectivity index (χ0) is 15.2. The predicted molar refractivity (Wildman–Crippen MR) is 88.7 cm³/mol. The van der Waals surface area contributed by atoms with Crippen LogP contribution in [0.2, 0.25) is 0 Å². The average molecular weight is 290 g/mol. The molecule has 2 rings (SSSR count). The number of rotatable bonds is 6. The van der Waals surface area contributed by atoms with E-state index in [9.17, 15) is 0 Å². The fourth-order valence-electron chi connectivity index (χ4n) is 3.24. The van der Waals surface area contributed by atoms with E-state index in [2.05, 4.69) is 62.2 Å². The van der Waals surface area contributed by atoms with Crippen molar-refractivity contribution in [2.45, 2.75) is 52.3 Å². The Morgan fingerprint density at radius 2 is 2.10 bits per heavy atom. The van der Waals surface area contributed by atoms with Crippen molar-refractivity contribution in [3.63, 3.8) is 0 Å². The minimum Gasteiger partial charge on any atom is -0.376 e. The van der Waals surface area contributed by atoms with Gasteiger partial charge in [0.05, 0.1) is 12.7 Å². The average Bonchev–Trinajstić information content (AvgIpc) is 2.48. The molecule has 1 aromatic rings. The Hall–Kier alpha value is -0.900. The minimum atomic E-state index is 0.340. The largest absolute Gasteiger partial charge is 0.376 e. The molecule has 1 fully saturated rings. The molecule has 0 aliphatic carbocycles. The summed E-state index contributed by atoms with van der Waals surface area (Å²) >= 11 is 0. The fraction of sp³-hybridized carbons (Fsp3) is 0.667. The Labute approximate surface area is 129 Å². The normalized spacial score (nSPS) is 25.0. The third-order valence-electron chi connectivity index (χ3n) is 4.48. The van der Waals surface area contributed by atoms with E-state index in [-0.39, 0.29) is 0 Å². The van der Waals surface area contributed by atoms with E-state index in [1.807, 2.05) is 0 Å². The Morgan fingerprint density at radius 1 is 1.33 bits per heavy atom. The van der Waals surface area contributed by atoms with Crippen LogP contribution in [0.25, 0.3) is 0 Å². The molecule has 0 bridgehead atoms. The van der Waals surface area contributed by atoms with Gasteiger partial charge >= 0.3 is 0 Å². The van der Waals surface area contributed by atoms with Crippen molar-refractivity contribution in [1.82, 2.24) is 10.2 Å². The van der Waals surface area contributed by atoms with Gasteiger partial charge in [-0.15, -0.1) is 0 Å². The Kier molecular flexibility index (Phi) is 6.22. The van der Waals surface area contributed by atoms with Crippen LogP contribution in [-0.2, 0) is 4.74 Å². The first-order valence-corrected chi connectivity index (χ1v) is 8.30. The van der Waals surface area contributed by atoms with E-state index < -0.39 is 0 Å². The fourth-order valence-corrected chi connectivity index (χ4v) is 3.24. The van der Waals surface area contributed by atoms with Crippen LogP contribution in [0.4, 0.5) is 0 Å². The summed E-state index contributed by atoms with van der Waals surface area (Å²) in [5, 5.41) is 3.66. The molecular formula is C18H30N2O. The SMILES string of the molecule is CCNC(CN1CC(C)OCC1CC)c1ccccc1C. The van der Waals surface area contributed by atoms with Crippen LogP contribution in [-0.4, -0.2) is 43.3 Å². The van der Waals surface area contributed by atoms with Gasteiger partial charge in [0.1, 0.15) is 0 Å². The molecule has 0 spiro atoms. The lowest BCUT2D eigenvalue weighted by atomic mass is 9.99. The van der Waals surface area contributed by atoms with Gasteiger partial charge in [0.2, 0.25) is 0 Å². The third kappa shape index (κ3) is 4.29. The first-order chi connectivity index (χ1) is 10.2. The summed E-state index contributed by atoms with van der Waals surface area (Å²) in [6.45, 7) is 12.8. The lowest BCUT2D eigenvalue weighted by molar-refractivity contribution is -0.0586. The van der Waals surface area contributed by atoms with Gasteiger partial charge in [0.15, 0.2) is 0 Å². The maximum absolute atomic E-state index is 5.82. The quantitative estimate of drug-likeness (QED) is 0.871. The summed E-state index contributed by atoms with van der Waals surface area (Å²) in [6, 6.07) is 9.67. The maximum atomic E-state index is 5.82. The van der Waals surface area contributed by atoms with E-state index >= 15 is 0 Å². The second-order valence-corrected chi connectivity index (χ2v) is 6.13. The van der Waals surface area contributed by atoms with Crippen LogP contribution in [0.1, 0.15) is 44.4 Å². The van der Waals surface area contributed by atoms with Gasteiger partial charge in [0.25, 0.3) is 0 Å². The van der Waals surface area contributed by atoms with E-state index in [0.717, 1.165) is 32.7 Å². The standard InChI is InChI=1S/C18H30N2O/c1-5-16-13-21-15(4)11-20(16)12-18(19-6-2)17-10-8-7-9-14(17)3/h7-10,15-16,18-19H,5-6,11-13H2,1-4H3. The Morgan fingerprint density at radius 3 is 2.76 bits per heavy atom. The summed E-state index contributed by atoms with van der Waals surface area (Å²) in [5.74, 6) is 0. The van der Waals surface area contributed by atoms with E-state index in [1.54, 1.807) is 0 Å². The first kappa shape index (κ1) is 16.5. The van der Waals surface area contributed by atoms with Gasteiger partial charge in [-0.1, -0.05) is 38.1 Å². The van der Waals surface area contributed by atoms with Crippen molar-refractivity contribution in [3.05, 3.63) is 35.4 Å². The van der Waals surface area contributed by atoms with Crippen molar-refractivity contribution in [2.24, 2.45) is 0 Å². The van der Waals surface area contributed by atoms with Crippen molar-refractivity contribution in [2.75, 3.05) is 26.2 Å². The number of benzene rings is 1. The van der Waals surface area contributed by atoms with Crippen LogP contribution < -0.4 is 5.32 Å². The lowest BCUT2D eigenvalue weighted by Crippen LogP contribution is -2.51. The highest BCUT2D eigenvalue weighted by Gasteiger charge is 2.28. The summed E-state index contributed by atoms with van der Waals surface area (Å²) in [4.78, 5) is 2.61. The molecule has 1 heterocycles. The number of ether oxygens (including phenoxy) is 1. The monoisotopic (exact) mass is 290 g/mol. The molecule has 0 aromatic heterocycles. The van der Waals surface area contributed by atoms with Gasteiger partial charge in [-0.05, 0) is 37.9 Å². The molecule has 1 saturated heterocycles. The molecule has 1 aliphatic rings. The summed E-state index contributed by atoms with van der Waals surface area (Å²) in [6.07, 6.45) is 1.49. The Bertz CT molecular complexity index is 435. The van der Waals surface area contributed by atoms with Crippen LogP contribution in [0, 0.1) is 6.92 Å². The second kappa shape index (κ2) is 7.92. The molecule has 0 radical (unpaired) electrons. The highest BCUT2D eigenvalue weighted by molar-refractivity contribution is 5.29. The molecule has 3 heteroatoms. The molecule has 21 heavy (non-hydrogen) atoms. The lowest BCUT2D eigenvalue weighted by Gasteiger charge is -2.40. The molecular weight excluding hydrogens is 260 g/mol. The number of nitrogens with one attached hydrogen (secondary N) is 1. The van der Waals surface area contributed by atoms with Crippen LogP contribution in [0.5, 0.6) is 0 Å². The first-order valence-electron chi connectivity index (χ1n) is 8.30. The van der Waals surface area contributed by atoms with Crippen molar-refractivity contribution < 1.29 is 4.74 Å². The van der Waals surface area contributed by atoms with E-state index in [0.29, 0.717) is 18.2 Å². The topological polar surface area (TPSA) is 24.5 Å². The van der Waals surface area contributed by atoms with Crippen molar-refractivity contribution in [1.29, 1.82) is 0 Å². The number of hydrogen-bond acceptors (Lipinski definition) is 3. The molecule has 3 unspecified atom stereocenters. The van der Waals surface area contributed by atoms with E-state index in [1.165, 1.54) is 11.1 Å². The predicted octanol–water partition coefficient (Wildman–Crippen LogP) is 3.14. The smallest absolute Gasteiger partial charge is 0.0674 e. The molecule has 118 valence electrons. The number of aryl methyl sites for hydroxylation is 1. The highest BCUT2D eigenvalue weighted by atomic mass is 16.5. The van der Waals surface area contributed by atoms with Gasteiger partial charge in [-0.2, -0.15) is 0 Å². The summed E-state index contributed by atoms with van der Waals surface area (Å²) in [7, 11) is 0. The second-order valence-electron chi connectivity index (χ2n) is 6.13. The molecule has 1 aliphatic heterocycles. The molecule has 0 saturated carbocycles.